The smallest absolute Gasteiger partial charge is 0.106 e. The molecule has 3 heteroatoms. The number of hydrogen-bond acceptors (Lipinski definition) is 2. The van der Waals surface area contributed by atoms with E-state index in [4.69, 9.17) is 0 Å². The van der Waals surface area contributed by atoms with E-state index in [1.54, 1.807) is 0 Å². The standard InChI is InChI=1S/C13H19BrN2/c1-10-12(7-8-13(14)16-10)15-9-11-5-3-2-4-6-11/h7-8,11,15H,2-6,9H2,1H3. The van der Waals surface area contributed by atoms with Gasteiger partial charge in [0.25, 0.3) is 0 Å². The van der Waals surface area contributed by atoms with Crippen molar-refractivity contribution in [3.8, 4) is 0 Å². The number of anilines is 1. The fraction of sp³-hybridized carbons (Fsp3) is 0.615. The van der Waals surface area contributed by atoms with E-state index >= 15 is 0 Å². The highest BCUT2D eigenvalue weighted by atomic mass is 79.9. The van der Waals surface area contributed by atoms with E-state index in [-0.39, 0.29) is 0 Å². The van der Waals surface area contributed by atoms with Gasteiger partial charge in [-0.05, 0) is 53.7 Å². The van der Waals surface area contributed by atoms with Crippen molar-refractivity contribution in [3.05, 3.63) is 22.4 Å². The Morgan fingerprint density at radius 2 is 2.06 bits per heavy atom. The van der Waals surface area contributed by atoms with Crippen molar-refractivity contribution in [1.29, 1.82) is 0 Å². The van der Waals surface area contributed by atoms with Crippen LogP contribution in [0.3, 0.4) is 0 Å². The molecule has 1 N–H and O–H groups in total. The summed E-state index contributed by atoms with van der Waals surface area (Å²) in [6.45, 7) is 3.15. The number of nitrogens with one attached hydrogen (secondary N) is 1. The lowest BCUT2D eigenvalue weighted by Gasteiger charge is -2.22. The molecule has 0 amide bonds. The minimum Gasteiger partial charge on any atom is -0.383 e. The van der Waals surface area contributed by atoms with Crippen molar-refractivity contribution < 1.29 is 0 Å². The molecule has 1 saturated carbocycles. The highest BCUT2D eigenvalue weighted by molar-refractivity contribution is 9.10. The number of halogens is 1. The zero-order valence-electron chi connectivity index (χ0n) is 9.80. The first kappa shape index (κ1) is 11.9. The Hall–Kier alpha value is -0.570. The zero-order valence-corrected chi connectivity index (χ0v) is 11.4. The number of hydrogen-bond donors (Lipinski definition) is 1. The van der Waals surface area contributed by atoms with Gasteiger partial charge in [-0.15, -0.1) is 0 Å². The fourth-order valence-electron chi connectivity index (χ4n) is 2.36. The first-order chi connectivity index (χ1) is 7.75. The average molecular weight is 283 g/mol. The molecule has 0 atom stereocenters. The quantitative estimate of drug-likeness (QED) is 0.843. The summed E-state index contributed by atoms with van der Waals surface area (Å²) >= 11 is 3.39. The number of aryl methyl sites for hydroxylation is 1. The lowest BCUT2D eigenvalue weighted by Crippen LogP contribution is -2.17. The van der Waals surface area contributed by atoms with Crippen LogP contribution >= 0.6 is 15.9 Å². The van der Waals surface area contributed by atoms with Crippen molar-refractivity contribution in [2.45, 2.75) is 39.0 Å². The molecule has 1 aromatic rings. The van der Waals surface area contributed by atoms with E-state index in [0.717, 1.165) is 22.8 Å². The number of rotatable bonds is 3. The van der Waals surface area contributed by atoms with Crippen LogP contribution in [-0.2, 0) is 0 Å². The summed E-state index contributed by atoms with van der Waals surface area (Å²) in [5.74, 6) is 0.858. The molecule has 2 nitrogen and oxygen atoms in total. The molecule has 0 spiro atoms. The van der Waals surface area contributed by atoms with Crippen LogP contribution in [0.1, 0.15) is 37.8 Å². The predicted octanol–water partition coefficient (Wildman–Crippen LogP) is 4.14. The molecule has 0 saturated heterocycles. The summed E-state index contributed by atoms with van der Waals surface area (Å²) in [4.78, 5) is 4.39. The highest BCUT2D eigenvalue weighted by Crippen LogP contribution is 2.24. The van der Waals surface area contributed by atoms with E-state index in [2.05, 4.69) is 32.3 Å². The molecule has 2 rings (SSSR count). The third-order valence-corrected chi connectivity index (χ3v) is 3.80. The monoisotopic (exact) mass is 282 g/mol. The van der Waals surface area contributed by atoms with Gasteiger partial charge in [0, 0.05) is 6.54 Å². The van der Waals surface area contributed by atoms with Crippen LogP contribution in [0.15, 0.2) is 16.7 Å². The van der Waals surface area contributed by atoms with Gasteiger partial charge in [-0.25, -0.2) is 4.98 Å². The van der Waals surface area contributed by atoms with Gasteiger partial charge in [0.1, 0.15) is 4.60 Å². The second kappa shape index (κ2) is 5.67. The van der Waals surface area contributed by atoms with Crippen LogP contribution in [0.5, 0.6) is 0 Å². The summed E-state index contributed by atoms with van der Waals surface area (Å²) in [7, 11) is 0. The first-order valence-corrected chi connectivity index (χ1v) is 6.92. The van der Waals surface area contributed by atoms with E-state index < -0.39 is 0 Å². The summed E-state index contributed by atoms with van der Waals surface area (Å²) < 4.78 is 0.910. The Bertz CT molecular complexity index is 346. The van der Waals surface area contributed by atoms with Gasteiger partial charge < -0.3 is 5.32 Å². The molecule has 1 aliphatic carbocycles. The number of aromatic nitrogens is 1. The van der Waals surface area contributed by atoms with E-state index in [9.17, 15) is 0 Å². The lowest BCUT2D eigenvalue weighted by atomic mass is 9.89. The second-order valence-corrected chi connectivity index (χ2v) is 5.46. The van der Waals surface area contributed by atoms with Crippen LogP contribution in [0.2, 0.25) is 0 Å². The SMILES string of the molecule is Cc1nc(Br)ccc1NCC1CCCCC1. The minimum absolute atomic E-state index is 0.858. The van der Waals surface area contributed by atoms with E-state index in [1.807, 2.05) is 13.0 Å². The van der Waals surface area contributed by atoms with E-state index in [0.29, 0.717) is 0 Å². The van der Waals surface area contributed by atoms with Gasteiger partial charge in [-0.2, -0.15) is 0 Å². The van der Waals surface area contributed by atoms with Crippen molar-refractivity contribution in [2.24, 2.45) is 5.92 Å². The molecule has 0 radical (unpaired) electrons. The Kier molecular flexibility index (Phi) is 4.22. The molecule has 1 fully saturated rings. The van der Waals surface area contributed by atoms with Crippen molar-refractivity contribution >= 4 is 21.6 Å². The van der Waals surface area contributed by atoms with Crippen LogP contribution < -0.4 is 5.32 Å². The number of nitrogens with zero attached hydrogens (tertiary/aromatic N) is 1. The third-order valence-electron chi connectivity index (χ3n) is 3.36. The molecule has 0 bridgehead atoms. The predicted molar refractivity (Wildman–Crippen MR) is 71.7 cm³/mol. The summed E-state index contributed by atoms with van der Waals surface area (Å²) in [5, 5.41) is 3.53. The molecule has 0 aromatic carbocycles. The zero-order chi connectivity index (χ0) is 11.4. The molecular weight excluding hydrogens is 264 g/mol. The van der Waals surface area contributed by atoms with Crippen LogP contribution in [0.4, 0.5) is 5.69 Å². The van der Waals surface area contributed by atoms with Crippen molar-refractivity contribution in [2.75, 3.05) is 11.9 Å². The van der Waals surface area contributed by atoms with E-state index in [1.165, 1.54) is 37.8 Å². The topological polar surface area (TPSA) is 24.9 Å². The Morgan fingerprint density at radius 1 is 1.31 bits per heavy atom. The third kappa shape index (κ3) is 3.21. The molecule has 1 aliphatic rings. The van der Waals surface area contributed by atoms with Gasteiger partial charge in [-0.1, -0.05) is 19.3 Å². The summed E-state index contributed by atoms with van der Waals surface area (Å²) in [5.41, 5.74) is 2.25. The molecule has 88 valence electrons. The molecular formula is C13H19BrN2. The molecule has 0 aliphatic heterocycles. The molecule has 1 aromatic heterocycles. The average Bonchev–Trinajstić information content (AvgIpc) is 2.29. The maximum atomic E-state index is 4.39. The lowest BCUT2D eigenvalue weighted by molar-refractivity contribution is 0.373. The summed E-state index contributed by atoms with van der Waals surface area (Å²) in [6.07, 6.45) is 7.01. The normalized spacial score (nSPS) is 17.4. The Labute approximate surface area is 106 Å². The summed E-state index contributed by atoms with van der Waals surface area (Å²) in [6, 6.07) is 4.10. The molecule has 16 heavy (non-hydrogen) atoms. The highest BCUT2D eigenvalue weighted by Gasteiger charge is 2.13. The Balaban J connectivity index is 1.88. The maximum absolute atomic E-state index is 4.39. The van der Waals surface area contributed by atoms with Gasteiger partial charge in [-0.3, -0.25) is 0 Å². The van der Waals surface area contributed by atoms with Gasteiger partial charge in [0.05, 0.1) is 11.4 Å². The van der Waals surface area contributed by atoms with Crippen LogP contribution in [-0.4, -0.2) is 11.5 Å². The fourth-order valence-corrected chi connectivity index (χ4v) is 2.76. The largest absolute Gasteiger partial charge is 0.383 e. The number of pyridine rings is 1. The van der Waals surface area contributed by atoms with Crippen LogP contribution in [0.25, 0.3) is 0 Å². The van der Waals surface area contributed by atoms with Gasteiger partial charge in [0.15, 0.2) is 0 Å². The molecule has 0 unspecified atom stereocenters. The second-order valence-electron chi connectivity index (χ2n) is 4.65. The Morgan fingerprint density at radius 3 is 2.75 bits per heavy atom. The van der Waals surface area contributed by atoms with Gasteiger partial charge in [0.2, 0.25) is 0 Å². The molecule has 1 heterocycles. The van der Waals surface area contributed by atoms with Crippen molar-refractivity contribution in [1.82, 2.24) is 4.98 Å². The van der Waals surface area contributed by atoms with Crippen molar-refractivity contribution in [3.63, 3.8) is 0 Å². The minimum atomic E-state index is 0.858. The van der Waals surface area contributed by atoms with Gasteiger partial charge >= 0.3 is 0 Å². The maximum Gasteiger partial charge on any atom is 0.106 e. The first-order valence-electron chi connectivity index (χ1n) is 6.13. The van der Waals surface area contributed by atoms with Crippen LogP contribution in [0, 0.1) is 12.8 Å².